The molecule has 5 nitrogen and oxygen atoms in total. The van der Waals surface area contributed by atoms with Crippen molar-refractivity contribution in [3.63, 3.8) is 0 Å². The molecular weight excluding hydrogens is 312 g/mol. The van der Waals surface area contributed by atoms with Crippen molar-refractivity contribution in [1.82, 2.24) is 9.80 Å². The summed E-state index contributed by atoms with van der Waals surface area (Å²) in [7, 11) is 1.38. The minimum Gasteiger partial charge on any atom is -0.463 e. The number of esters is 1. The van der Waals surface area contributed by atoms with Gasteiger partial charge in [-0.05, 0) is 37.0 Å². The maximum absolute atomic E-state index is 11.7. The maximum atomic E-state index is 11.7. The van der Waals surface area contributed by atoms with Gasteiger partial charge >= 0.3 is 5.97 Å². The molecule has 0 unspecified atom stereocenters. The normalized spacial score (nSPS) is 17.1. The summed E-state index contributed by atoms with van der Waals surface area (Å²) in [4.78, 5) is 18.0. The highest BCUT2D eigenvalue weighted by Gasteiger charge is 2.20. The molecule has 23 heavy (non-hydrogen) atoms. The second-order valence-electron chi connectivity index (χ2n) is 5.75. The molecule has 3 rings (SSSR count). The first-order chi connectivity index (χ1) is 11.3. The smallest absolute Gasteiger partial charge is 0.374 e. The van der Waals surface area contributed by atoms with Crippen molar-refractivity contribution in [2.75, 3.05) is 33.3 Å². The van der Waals surface area contributed by atoms with Gasteiger partial charge in [-0.3, -0.25) is 9.80 Å². The Morgan fingerprint density at radius 3 is 2.70 bits per heavy atom. The number of carbonyl (C=O) groups is 1. The third-order valence-corrected chi connectivity index (χ3v) is 5.01. The minimum atomic E-state index is -0.404. The van der Waals surface area contributed by atoms with Crippen molar-refractivity contribution in [2.24, 2.45) is 0 Å². The number of rotatable bonds is 5. The van der Waals surface area contributed by atoms with Crippen LogP contribution in [0.2, 0.25) is 0 Å². The molecule has 1 fully saturated rings. The van der Waals surface area contributed by atoms with Gasteiger partial charge in [0.2, 0.25) is 5.76 Å². The molecule has 124 valence electrons. The fourth-order valence-corrected chi connectivity index (χ4v) is 3.68. The van der Waals surface area contributed by atoms with Gasteiger partial charge < -0.3 is 9.15 Å². The Kier molecular flexibility index (Phi) is 5.48. The summed E-state index contributed by atoms with van der Waals surface area (Å²) >= 11 is 1.82. The first-order valence-corrected chi connectivity index (χ1v) is 8.76. The molecule has 6 heteroatoms. The van der Waals surface area contributed by atoms with E-state index >= 15 is 0 Å². The number of hydrogen-bond donors (Lipinski definition) is 0. The molecule has 3 heterocycles. The predicted molar refractivity (Wildman–Crippen MR) is 89.5 cm³/mol. The fraction of sp³-hybridized carbons (Fsp3) is 0.471. The molecule has 2 aromatic rings. The summed E-state index contributed by atoms with van der Waals surface area (Å²) in [5.74, 6) is -0.0775. The van der Waals surface area contributed by atoms with Gasteiger partial charge in [-0.15, -0.1) is 11.3 Å². The van der Waals surface area contributed by atoms with Crippen molar-refractivity contribution >= 4 is 17.3 Å². The van der Waals surface area contributed by atoms with Crippen LogP contribution < -0.4 is 0 Å². The molecule has 0 bridgehead atoms. The molecule has 0 atom stereocenters. The van der Waals surface area contributed by atoms with Crippen LogP contribution >= 0.6 is 11.3 Å². The van der Waals surface area contributed by atoms with Gasteiger partial charge in [0, 0.05) is 36.6 Å². The van der Waals surface area contributed by atoms with E-state index in [1.54, 1.807) is 6.26 Å². The Morgan fingerprint density at radius 1 is 1.22 bits per heavy atom. The summed E-state index contributed by atoms with van der Waals surface area (Å²) in [6.45, 7) is 5.95. The lowest BCUT2D eigenvalue weighted by Crippen LogP contribution is -2.30. The van der Waals surface area contributed by atoms with Gasteiger partial charge in [0.05, 0.1) is 13.4 Å². The topological polar surface area (TPSA) is 45.9 Å². The molecule has 0 N–H and O–H groups in total. The summed E-state index contributed by atoms with van der Waals surface area (Å²) in [6, 6.07) is 6.17. The molecule has 0 amide bonds. The largest absolute Gasteiger partial charge is 0.463 e. The Morgan fingerprint density at radius 2 is 2.00 bits per heavy atom. The number of nitrogens with zero attached hydrogens (tertiary/aromatic N) is 2. The average molecular weight is 334 g/mol. The average Bonchev–Trinajstić information content (AvgIpc) is 3.18. The highest BCUT2D eigenvalue weighted by atomic mass is 32.1. The van der Waals surface area contributed by atoms with Gasteiger partial charge in [-0.1, -0.05) is 6.07 Å². The monoisotopic (exact) mass is 334 g/mol. The lowest BCUT2D eigenvalue weighted by atomic mass is 10.2. The summed E-state index contributed by atoms with van der Waals surface area (Å²) in [5.41, 5.74) is 0.906. The van der Waals surface area contributed by atoms with Crippen LogP contribution in [0.4, 0.5) is 0 Å². The number of thiophene rings is 1. The van der Waals surface area contributed by atoms with Crippen molar-refractivity contribution in [1.29, 1.82) is 0 Å². The van der Waals surface area contributed by atoms with Gasteiger partial charge in [-0.25, -0.2) is 4.79 Å². The predicted octanol–water partition coefficient (Wildman–Crippen LogP) is 2.84. The third kappa shape index (κ3) is 4.22. The van der Waals surface area contributed by atoms with Crippen LogP contribution in [0.3, 0.4) is 0 Å². The molecule has 1 saturated heterocycles. The zero-order chi connectivity index (χ0) is 16.1. The molecule has 0 spiro atoms. The quantitative estimate of drug-likeness (QED) is 0.787. The number of ether oxygens (including phenoxy) is 1. The lowest BCUT2D eigenvalue weighted by molar-refractivity contribution is 0.0561. The Labute approximate surface area is 140 Å². The van der Waals surface area contributed by atoms with Gasteiger partial charge in [-0.2, -0.15) is 0 Å². The second-order valence-corrected chi connectivity index (χ2v) is 6.78. The number of furan rings is 1. The summed E-state index contributed by atoms with van der Waals surface area (Å²) < 4.78 is 10.0. The van der Waals surface area contributed by atoms with Gasteiger partial charge in [0.25, 0.3) is 0 Å². The van der Waals surface area contributed by atoms with E-state index in [1.807, 2.05) is 17.4 Å². The Hall–Kier alpha value is -1.63. The van der Waals surface area contributed by atoms with Crippen LogP contribution in [0, 0.1) is 0 Å². The van der Waals surface area contributed by atoms with Crippen LogP contribution in [0.15, 0.2) is 34.3 Å². The van der Waals surface area contributed by atoms with Crippen LogP contribution in [0.1, 0.15) is 27.4 Å². The standard InChI is InChI=1S/C17H22N2O3S/c1-21-17(20)16-14(5-10-22-16)12-18-6-3-7-19(9-8-18)13-15-4-2-11-23-15/h2,4-5,10-11H,3,6-9,12-13H2,1H3. The molecule has 0 radical (unpaired) electrons. The lowest BCUT2D eigenvalue weighted by Gasteiger charge is -2.21. The molecule has 1 aliphatic rings. The second kappa shape index (κ2) is 7.77. The zero-order valence-electron chi connectivity index (χ0n) is 13.4. The van der Waals surface area contributed by atoms with E-state index in [1.165, 1.54) is 12.0 Å². The molecule has 0 aliphatic carbocycles. The van der Waals surface area contributed by atoms with Crippen LogP contribution in [0.25, 0.3) is 0 Å². The SMILES string of the molecule is COC(=O)c1occc1CN1CCCN(Cc2cccs2)CC1. The fourth-order valence-electron chi connectivity index (χ4n) is 2.94. The van der Waals surface area contributed by atoms with E-state index in [-0.39, 0.29) is 0 Å². The van der Waals surface area contributed by atoms with Crippen LogP contribution in [0.5, 0.6) is 0 Å². The third-order valence-electron chi connectivity index (χ3n) is 4.15. The van der Waals surface area contributed by atoms with E-state index in [0.29, 0.717) is 5.76 Å². The minimum absolute atomic E-state index is 0.326. The van der Waals surface area contributed by atoms with Gasteiger partial charge in [0.1, 0.15) is 0 Å². The molecule has 1 aliphatic heterocycles. The number of methoxy groups -OCH3 is 1. The van der Waals surface area contributed by atoms with Crippen molar-refractivity contribution < 1.29 is 13.9 Å². The Bertz CT molecular complexity index is 624. The molecule has 2 aromatic heterocycles. The van der Waals surface area contributed by atoms with E-state index in [4.69, 9.17) is 9.15 Å². The van der Waals surface area contributed by atoms with Gasteiger partial charge in [0.15, 0.2) is 0 Å². The highest BCUT2D eigenvalue weighted by Crippen LogP contribution is 2.17. The first-order valence-electron chi connectivity index (χ1n) is 7.88. The molecule has 0 aromatic carbocycles. The summed E-state index contributed by atoms with van der Waals surface area (Å²) in [5, 5.41) is 2.13. The maximum Gasteiger partial charge on any atom is 0.374 e. The van der Waals surface area contributed by atoms with E-state index in [2.05, 4.69) is 27.3 Å². The van der Waals surface area contributed by atoms with Crippen molar-refractivity contribution in [3.8, 4) is 0 Å². The highest BCUT2D eigenvalue weighted by molar-refractivity contribution is 7.09. The van der Waals surface area contributed by atoms with Crippen LogP contribution in [-0.4, -0.2) is 49.1 Å². The number of hydrogen-bond acceptors (Lipinski definition) is 6. The van der Waals surface area contributed by atoms with E-state index in [9.17, 15) is 4.79 Å². The molecular formula is C17H22N2O3S. The van der Waals surface area contributed by atoms with Crippen molar-refractivity contribution in [3.05, 3.63) is 46.0 Å². The molecule has 0 saturated carbocycles. The van der Waals surface area contributed by atoms with Crippen molar-refractivity contribution in [2.45, 2.75) is 19.5 Å². The zero-order valence-corrected chi connectivity index (χ0v) is 14.2. The van der Waals surface area contributed by atoms with E-state index < -0.39 is 5.97 Å². The Balaban J connectivity index is 1.56. The van der Waals surface area contributed by atoms with E-state index in [0.717, 1.165) is 51.3 Å². The number of carbonyl (C=O) groups excluding carboxylic acids is 1. The summed E-state index contributed by atoms with van der Waals surface area (Å²) in [6.07, 6.45) is 2.69. The first kappa shape index (κ1) is 16.2. The van der Waals surface area contributed by atoms with Crippen LogP contribution in [-0.2, 0) is 17.8 Å².